The fraction of sp³-hybridized carbons (Fsp3) is 0.370. The van der Waals surface area contributed by atoms with E-state index in [1.165, 1.54) is 11.3 Å². The van der Waals surface area contributed by atoms with Crippen LogP contribution in [0.1, 0.15) is 41.0 Å². The van der Waals surface area contributed by atoms with Crippen molar-refractivity contribution in [1.29, 1.82) is 0 Å². The predicted molar refractivity (Wildman–Crippen MR) is 149 cm³/mol. The molecule has 0 aliphatic carbocycles. The van der Waals surface area contributed by atoms with E-state index < -0.39 is 18.1 Å². The SMILES string of the molecule is NC(N)=NCCCC(NC(=O)[C@@H]1CCCN1C(=O)[C@@H](N)Cc1ccccc1)C(=O)c1nc2ccccc2s1. The van der Waals surface area contributed by atoms with Gasteiger partial charge in [0.1, 0.15) is 6.04 Å². The summed E-state index contributed by atoms with van der Waals surface area (Å²) in [6, 6.07) is 14.8. The minimum atomic E-state index is -0.826. The van der Waals surface area contributed by atoms with Crippen LogP contribution in [0.3, 0.4) is 0 Å². The summed E-state index contributed by atoms with van der Waals surface area (Å²) < 4.78 is 0.890. The maximum Gasteiger partial charge on any atom is 0.243 e. The van der Waals surface area contributed by atoms with Gasteiger partial charge in [0.2, 0.25) is 17.6 Å². The molecule has 2 heterocycles. The highest BCUT2D eigenvalue weighted by Crippen LogP contribution is 2.24. The molecule has 1 aliphatic heterocycles. The Balaban J connectivity index is 1.46. The van der Waals surface area contributed by atoms with E-state index in [2.05, 4.69) is 15.3 Å². The quantitative estimate of drug-likeness (QED) is 0.125. The summed E-state index contributed by atoms with van der Waals surface area (Å²) in [7, 11) is 0. The second kappa shape index (κ2) is 12.6. The first-order valence-corrected chi connectivity index (χ1v) is 13.5. The number of nitrogens with zero attached hydrogens (tertiary/aromatic N) is 3. The molecule has 2 amide bonds. The van der Waals surface area contributed by atoms with Gasteiger partial charge in [0, 0.05) is 13.1 Å². The molecule has 1 saturated heterocycles. The van der Waals surface area contributed by atoms with Crippen LogP contribution in [0.5, 0.6) is 0 Å². The van der Waals surface area contributed by atoms with E-state index in [0.29, 0.717) is 50.2 Å². The van der Waals surface area contributed by atoms with Gasteiger partial charge in [-0.05, 0) is 49.8 Å². The average molecular weight is 536 g/mol. The Morgan fingerprint density at radius 2 is 1.84 bits per heavy atom. The largest absolute Gasteiger partial charge is 0.370 e. The molecule has 1 aromatic heterocycles. The van der Waals surface area contributed by atoms with Crippen LogP contribution in [-0.4, -0.2) is 64.7 Å². The molecular weight excluding hydrogens is 502 g/mol. The van der Waals surface area contributed by atoms with Crippen LogP contribution in [0.4, 0.5) is 0 Å². The second-order valence-electron chi connectivity index (χ2n) is 9.35. The van der Waals surface area contributed by atoms with Crippen LogP contribution >= 0.6 is 11.3 Å². The van der Waals surface area contributed by atoms with Crippen molar-refractivity contribution in [3.63, 3.8) is 0 Å². The molecule has 11 heteroatoms. The fourth-order valence-corrected chi connectivity index (χ4v) is 5.60. The van der Waals surface area contributed by atoms with E-state index in [4.69, 9.17) is 17.2 Å². The minimum Gasteiger partial charge on any atom is -0.370 e. The number of amides is 2. The van der Waals surface area contributed by atoms with Crippen molar-refractivity contribution in [3.05, 3.63) is 65.2 Å². The maximum absolute atomic E-state index is 13.5. The van der Waals surface area contributed by atoms with Crippen molar-refractivity contribution < 1.29 is 14.4 Å². The van der Waals surface area contributed by atoms with Gasteiger partial charge in [0.05, 0.1) is 22.3 Å². The Kier molecular flexibility index (Phi) is 9.03. The number of hydrogen-bond acceptors (Lipinski definition) is 7. The van der Waals surface area contributed by atoms with Crippen molar-refractivity contribution in [1.82, 2.24) is 15.2 Å². The highest BCUT2D eigenvalue weighted by atomic mass is 32.1. The smallest absolute Gasteiger partial charge is 0.243 e. The first-order valence-electron chi connectivity index (χ1n) is 12.7. The summed E-state index contributed by atoms with van der Waals surface area (Å²) in [4.78, 5) is 50.1. The molecule has 1 unspecified atom stereocenters. The van der Waals surface area contributed by atoms with Crippen molar-refractivity contribution in [2.24, 2.45) is 22.2 Å². The Morgan fingerprint density at radius 3 is 2.58 bits per heavy atom. The van der Waals surface area contributed by atoms with Crippen LogP contribution in [0, 0.1) is 0 Å². The van der Waals surface area contributed by atoms with Crippen LogP contribution in [-0.2, 0) is 16.0 Å². The summed E-state index contributed by atoms with van der Waals surface area (Å²) in [5, 5.41) is 3.22. The average Bonchev–Trinajstić information content (AvgIpc) is 3.57. The molecule has 1 fully saturated rings. The fourth-order valence-electron chi connectivity index (χ4n) is 4.64. The van der Waals surface area contributed by atoms with Crippen molar-refractivity contribution >= 4 is 45.1 Å². The number of hydrogen-bond donors (Lipinski definition) is 4. The van der Waals surface area contributed by atoms with E-state index >= 15 is 0 Å². The number of aliphatic imine (C=N–C) groups is 1. The highest BCUT2D eigenvalue weighted by molar-refractivity contribution is 7.20. The second-order valence-corrected chi connectivity index (χ2v) is 10.4. The number of guanidine groups is 1. The minimum absolute atomic E-state index is 0.0324. The number of carbonyl (C=O) groups is 3. The third kappa shape index (κ3) is 6.73. The van der Waals surface area contributed by atoms with Gasteiger partial charge in [-0.2, -0.15) is 0 Å². The standard InChI is InChI=1S/C27H33N7O3S/c28-18(16-17-8-2-1-3-9-17)26(37)34-15-7-12-21(34)24(36)32-20(11-6-14-31-27(29)30)23(35)25-33-19-10-4-5-13-22(19)38-25/h1-5,8-10,13,18,20-21H,6-7,11-12,14-16,28H2,(H,32,36)(H4,29,30,31)/t18-,20?,21-/m0/s1. The van der Waals surface area contributed by atoms with Gasteiger partial charge < -0.3 is 27.4 Å². The zero-order chi connectivity index (χ0) is 27.1. The van der Waals surface area contributed by atoms with Gasteiger partial charge in [0.25, 0.3) is 0 Å². The number of aromatic nitrogens is 1. The predicted octanol–water partition coefficient (Wildman–Crippen LogP) is 1.58. The number of rotatable bonds is 11. The molecule has 38 heavy (non-hydrogen) atoms. The lowest BCUT2D eigenvalue weighted by Gasteiger charge is -2.28. The van der Waals surface area contributed by atoms with Crippen molar-refractivity contribution in [2.45, 2.75) is 50.2 Å². The Morgan fingerprint density at radius 1 is 1.11 bits per heavy atom. The van der Waals surface area contributed by atoms with Crippen molar-refractivity contribution in [2.75, 3.05) is 13.1 Å². The molecule has 1 aliphatic rings. The van der Waals surface area contributed by atoms with Gasteiger partial charge in [-0.15, -0.1) is 11.3 Å². The van der Waals surface area contributed by atoms with Crippen LogP contribution in [0.2, 0.25) is 0 Å². The zero-order valence-corrected chi connectivity index (χ0v) is 21.9. The summed E-state index contributed by atoms with van der Waals surface area (Å²) >= 11 is 1.29. The van der Waals surface area contributed by atoms with Crippen LogP contribution in [0.15, 0.2) is 59.6 Å². The highest BCUT2D eigenvalue weighted by Gasteiger charge is 2.37. The molecule has 4 rings (SSSR count). The number of thiazole rings is 1. The molecule has 2 aromatic carbocycles. The number of likely N-dealkylation sites (tertiary alicyclic amines) is 1. The molecule has 0 spiro atoms. The lowest BCUT2D eigenvalue weighted by atomic mass is 10.0. The van der Waals surface area contributed by atoms with Crippen molar-refractivity contribution in [3.8, 4) is 0 Å². The molecule has 7 N–H and O–H groups in total. The molecule has 0 radical (unpaired) electrons. The molecule has 10 nitrogen and oxygen atoms in total. The van der Waals surface area contributed by atoms with E-state index in [1.54, 1.807) is 4.90 Å². The van der Waals surface area contributed by atoms with E-state index in [9.17, 15) is 14.4 Å². The lowest BCUT2D eigenvalue weighted by molar-refractivity contribution is -0.139. The maximum atomic E-state index is 13.5. The summed E-state index contributed by atoms with van der Waals surface area (Å²) in [6.45, 7) is 0.768. The molecule has 0 saturated carbocycles. The normalized spacial score (nSPS) is 16.7. The third-order valence-corrected chi connectivity index (χ3v) is 7.59. The number of carbonyl (C=O) groups excluding carboxylic acids is 3. The third-order valence-electron chi connectivity index (χ3n) is 6.54. The summed E-state index contributed by atoms with van der Waals surface area (Å²) in [5.41, 5.74) is 18.8. The van der Waals surface area contributed by atoms with E-state index in [1.807, 2.05) is 54.6 Å². The topological polar surface area (TPSA) is 170 Å². The molecule has 3 atom stereocenters. The van der Waals surface area contributed by atoms with Gasteiger partial charge in [-0.3, -0.25) is 19.4 Å². The zero-order valence-electron chi connectivity index (χ0n) is 21.1. The van der Waals surface area contributed by atoms with Crippen LogP contribution in [0.25, 0.3) is 10.2 Å². The molecule has 200 valence electrons. The van der Waals surface area contributed by atoms with Gasteiger partial charge in [0.15, 0.2) is 11.0 Å². The number of Topliss-reactive ketones (excluding diaryl/α,β-unsaturated/α-hetero) is 1. The van der Waals surface area contributed by atoms with Gasteiger partial charge in [-0.1, -0.05) is 42.5 Å². The molecule has 0 bridgehead atoms. The Hall–Kier alpha value is -3.83. The molecule has 3 aromatic rings. The monoisotopic (exact) mass is 535 g/mol. The number of ketones is 1. The Bertz CT molecular complexity index is 1270. The number of para-hydroxylation sites is 1. The first-order chi connectivity index (χ1) is 18.3. The Labute approximate surface area is 225 Å². The van der Waals surface area contributed by atoms with Crippen LogP contribution < -0.4 is 22.5 Å². The number of nitrogens with one attached hydrogen (secondary N) is 1. The number of benzene rings is 2. The first kappa shape index (κ1) is 27.2. The lowest BCUT2D eigenvalue weighted by Crippen LogP contribution is -2.54. The number of nitrogens with two attached hydrogens (primary N) is 3. The van der Waals surface area contributed by atoms with Gasteiger partial charge >= 0.3 is 0 Å². The van der Waals surface area contributed by atoms with Gasteiger partial charge in [-0.25, -0.2) is 4.98 Å². The molecular formula is C27H33N7O3S. The van der Waals surface area contributed by atoms with E-state index in [-0.39, 0.29) is 23.6 Å². The van der Waals surface area contributed by atoms with E-state index in [0.717, 1.165) is 15.8 Å². The summed E-state index contributed by atoms with van der Waals surface area (Å²) in [6.07, 6.45) is 2.38. The summed E-state index contributed by atoms with van der Waals surface area (Å²) in [5.74, 6) is -0.951. The number of fused-ring (bicyclic) bond motifs is 1.